The van der Waals surface area contributed by atoms with Crippen molar-refractivity contribution in [2.24, 2.45) is 0 Å². The van der Waals surface area contributed by atoms with E-state index in [1.165, 1.54) is 9.71 Å². The molecule has 1 N–H and O–H groups in total. The van der Waals surface area contributed by atoms with Crippen LogP contribution in [-0.4, -0.2) is 42.5 Å². The molecule has 1 fully saturated rings. The summed E-state index contributed by atoms with van der Waals surface area (Å²) in [7, 11) is 1.58. The van der Waals surface area contributed by atoms with E-state index in [4.69, 9.17) is 21.3 Å². The first kappa shape index (κ1) is 19.2. The second kappa shape index (κ2) is 8.47. The number of halogens is 1. The maximum absolute atomic E-state index is 12.5. The van der Waals surface area contributed by atoms with Gasteiger partial charge in [0, 0.05) is 10.9 Å². The molecular formula is C21H22ClN3O2S. The van der Waals surface area contributed by atoms with Crippen molar-refractivity contribution in [1.82, 2.24) is 9.88 Å². The number of benzene rings is 2. The number of carbonyl (C=O) groups is 1. The van der Waals surface area contributed by atoms with E-state index < -0.39 is 0 Å². The van der Waals surface area contributed by atoms with Crippen molar-refractivity contribution < 1.29 is 9.53 Å². The molecule has 1 aliphatic rings. The highest BCUT2D eigenvalue weighted by atomic mass is 35.5. The maximum Gasteiger partial charge on any atom is 0.238 e. The summed E-state index contributed by atoms with van der Waals surface area (Å²) in [6, 6.07) is 13.5. The monoisotopic (exact) mass is 415 g/mol. The van der Waals surface area contributed by atoms with Gasteiger partial charge in [0.25, 0.3) is 0 Å². The summed E-state index contributed by atoms with van der Waals surface area (Å²) in [5.41, 5.74) is 1.68. The van der Waals surface area contributed by atoms with E-state index in [1.54, 1.807) is 36.6 Å². The van der Waals surface area contributed by atoms with Gasteiger partial charge in [-0.2, -0.15) is 0 Å². The quantitative estimate of drug-likeness (QED) is 0.651. The molecule has 146 valence electrons. The number of nitrogens with one attached hydrogen (secondary N) is 1. The number of methoxy groups -OCH3 is 1. The highest BCUT2D eigenvalue weighted by molar-refractivity contribution is 7.18. The number of carbonyl (C=O) groups excluding carboxylic acids is 1. The van der Waals surface area contributed by atoms with Crippen LogP contribution in [0.2, 0.25) is 5.02 Å². The van der Waals surface area contributed by atoms with Gasteiger partial charge < -0.3 is 10.1 Å². The first-order valence-electron chi connectivity index (χ1n) is 9.33. The van der Waals surface area contributed by atoms with E-state index in [9.17, 15) is 4.79 Å². The van der Waals surface area contributed by atoms with E-state index >= 15 is 0 Å². The third-order valence-electron chi connectivity index (χ3n) is 5.05. The highest BCUT2D eigenvalue weighted by Gasteiger charge is 2.24. The number of rotatable bonds is 5. The second-order valence-corrected chi connectivity index (χ2v) is 8.46. The molecule has 1 aliphatic heterocycles. The highest BCUT2D eigenvalue weighted by Crippen LogP contribution is 2.34. The van der Waals surface area contributed by atoms with Gasteiger partial charge >= 0.3 is 0 Å². The Morgan fingerprint density at radius 3 is 2.82 bits per heavy atom. The molecule has 5 nitrogen and oxygen atoms in total. The Kier molecular flexibility index (Phi) is 5.80. The maximum atomic E-state index is 12.5. The van der Waals surface area contributed by atoms with Crippen LogP contribution < -0.4 is 10.1 Å². The van der Waals surface area contributed by atoms with E-state index in [1.807, 2.05) is 6.07 Å². The van der Waals surface area contributed by atoms with Crippen LogP contribution in [0.1, 0.15) is 23.8 Å². The zero-order valence-electron chi connectivity index (χ0n) is 15.7. The summed E-state index contributed by atoms with van der Waals surface area (Å²) in [5.74, 6) is 1.02. The Morgan fingerprint density at radius 1 is 1.29 bits per heavy atom. The van der Waals surface area contributed by atoms with Gasteiger partial charge in [0.1, 0.15) is 5.75 Å². The van der Waals surface area contributed by atoms with Gasteiger partial charge in [-0.15, -0.1) is 11.3 Å². The van der Waals surface area contributed by atoms with Crippen molar-refractivity contribution in [3.05, 3.63) is 52.5 Å². The summed E-state index contributed by atoms with van der Waals surface area (Å²) < 4.78 is 6.53. The van der Waals surface area contributed by atoms with Crippen molar-refractivity contribution >= 4 is 44.7 Å². The summed E-state index contributed by atoms with van der Waals surface area (Å²) >= 11 is 7.82. The largest absolute Gasteiger partial charge is 0.495 e. The molecule has 28 heavy (non-hydrogen) atoms. The fourth-order valence-electron chi connectivity index (χ4n) is 3.57. The molecule has 1 saturated heterocycles. The number of likely N-dealkylation sites (tertiary alicyclic amines) is 1. The number of piperidine rings is 1. The zero-order chi connectivity index (χ0) is 19.5. The molecule has 0 radical (unpaired) electrons. The molecule has 0 spiro atoms. The Bertz CT molecular complexity index is 950. The van der Waals surface area contributed by atoms with Crippen LogP contribution in [-0.2, 0) is 4.79 Å². The average Bonchev–Trinajstić information content (AvgIpc) is 3.13. The fourth-order valence-corrected chi connectivity index (χ4v) is 4.88. The lowest BCUT2D eigenvalue weighted by atomic mass is 9.97. The van der Waals surface area contributed by atoms with Crippen molar-refractivity contribution in [1.29, 1.82) is 0 Å². The number of thiazole rings is 1. The van der Waals surface area contributed by atoms with Crippen molar-refractivity contribution in [3.8, 4) is 5.75 Å². The third kappa shape index (κ3) is 4.29. The smallest absolute Gasteiger partial charge is 0.238 e. The number of hydrogen-bond acceptors (Lipinski definition) is 5. The zero-order valence-corrected chi connectivity index (χ0v) is 17.2. The van der Waals surface area contributed by atoms with E-state index in [-0.39, 0.29) is 5.91 Å². The van der Waals surface area contributed by atoms with Gasteiger partial charge in [-0.1, -0.05) is 23.7 Å². The standard InChI is InChI=1S/C21H22ClN3O2S/c1-27-18-7-6-15(22)12-17(18)23-20(26)13-25-10-8-14(9-11-25)21-24-16-4-2-3-5-19(16)28-21/h2-7,12,14H,8-11,13H2,1H3,(H,23,26). The fraction of sp³-hybridized carbons (Fsp3) is 0.333. The van der Waals surface area contributed by atoms with Gasteiger partial charge in [0.05, 0.1) is 34.6 Å². The van der Waals surface area contributed by atoms with Crippen molar-refractivity contribution in [2.75, 3.05) is 32.1 Å². The van der Waals surface area contributed by atoms with Gasteiger partial charge in [0.2, 0.25) is 5.91 Å². The Balaban J connectivity index is 1.33. The summed E-state index contributed by atoms with van der Waals surface area (Å²) in [5, 5.41) is 4.69. The number of hydrogen-bond donors (Lipinski definition) is 1. The van der Waals surface area contributed by atoms with Crippen LogP contribution in [0.15, 0.2) is 42.5 Å². The molecule has 2 heterocycles. The summed E-state index contributed by atoms with van der Waals surface area (Å²) in [6.45, 7) is 2.14. The first-order chi connectivity index (χ1) is 13.6. The molecular weight excluding hydrogens is 394 g/mol. The van der Waals surface area contributed by atoms with Gasteiger partial charge in [0.15, 0.2) is 0 Å². The second-order valence-electron chi connectivity index (χ2n) is 6.96. The molecule has 3 aromatic rings. The first-order valence-corrected chi connectivity index (χ1v) is 10.5. The molecule has 7 heteroatoms. The minimum atomic E-state index is -0.0565. The van der Waals surface area contributed by atoms with E-state index in [0.29, 0.717) is 28.9 Å². The number of nitrogens with zero attached hydrogens (tertiary/aromatic N) is 2. The predicted octanol–water partition coefficient (Wildman–Crippen LogP) is 4.78. The van der Waals surface area contributed by atoms with Crippen LogP contribution in [0.3, 0.4) is 0 Å². The third-order valence-corrected chi connectivity index (χ3v) is 6.48. The Hall–Kier alpha value is -2.15. The number of amides is 1. The molecule has 1 amide bonds. The number of fused-ring (bicyclic) bond motifs is 1. The lowest BCUT2D eigenvalue weighted by molar-refractivity contribution is -0.117. The Labute approximate surface area is 173 Å². The number of para-hydroxylation sites is 1. The van der Waals surface area contributed by atoms with Crippen LogP contribution in [0, 0.1) is 0 Å². The Morgan fingerprint density at radius 2 is 2.07 bits per heavy atom. The minimum absolute atomic E-state index is 0.0565. The molecule has 0 unspecified atom stereocenters. The van der Waals surface area contributed by atoms with E-state index in [2.05, 4.69) is 28.4 Å². The number of aromatic nitrogens is 1. The summed E-state index contributed by atoms with van der Waals surface area (Å²) in [6.07, 6.45) is 2.04. The van der Waals surface area contributed by atoms with Crippen LogP contribution in [0.4, 0.5) is 5.69 Å². The molecule has 0 saturated carbocycles. The summed E-state index contributed by atoms with van der Waals surface area (Å²) in [4.78, 5) is 19.5. The van der Waals surface area contributed by atoms with Crippen LogP contribution in [0.25, 0.3) is 10.2 Å². The normalized spacial score (nSPS) is 15.6. The molecule has 4 rings (SSSR count). The van der Waals surface area contributed by atoms with Crippen molar-refractivity contribution in [3.63, 3.8) is 0 Å². The van der Waals surface area contributed by atoms with Gasteiger partial charge in [-0.25, -0.2) is 4.98 Å². The lowest BCUT2D eigenvalue weighted by Crippen LogP contribution is -2.38. The van der Waals surface area contributed by atoms with Gasteiger partial charge in [-0.05, 0) is 56.3 Å². The van der Waals surface area contributed by atoms with Crippen molar-refractivity contribution in [2.45, 2.75) is 18.8 Å². The average molecular weight is 416 g/mol. The topological polar surface area (TPSA) is 54.5 Å². The van der Waals surface area contributed by atoms with E-state index in [0.717, 1.165) is 31.4 Å². The molecule has 0 aliphatic carbocycles. The predicted molar refractivity (Wildman–Crippen MR) is 115 cm³/mol. The molecule has 1 aromatic heterocycles. The van der Waals surface area contributed by atoms with Gasteiger partial charge in [-0.3, -0.25) is 9.69 Å². The molecule has 2 aromatic carbocycles. The number of ether oxygens (including phenoxy) is 1. The number of anilines is 1. The van der Waals surface area contributed by atoms with Crippen LogP contribution in [0.5, 0.6) is 5.75 Å². The molecule has 0 atom stereocenters. The SMILES string of the molecule is COc1ccc(Cl)cc1NC(=O)CN1CCC(c2nc3ccccc3s2)CC1. The van der Waals surface area contributed by atoms with Crippen LogP contribution >= 0.6 is 22.9 Å². The molecule has 0 bridgehead atoms. The minimum Gasteiger partial charge on any atom is -0.495 e. The lowest BCUT2D eigenvalue weighted by Gasteiger charge is -2.30.